The third-order valence-corrected chi connectivity index (χ3v) is 3.12. The second kappa shape index (κ2) is 8.53. The molecule has 1 atom stereocenters. The quantitative estimate of drug-likeness (QED) is 0.606. The van der Waals surface area contributed by atoms with Gasteiger partial charge < -0.3 is 15.5 Å². The van der Waals surface area contributed by atoms with Crippen LogP contribution in [0, 0.1) is 5.92 Å². The number of nitrogens with zero attached hydrogens (tertiary/aromatic N) is 1. The Labute approximate surface area is 120 Å². The summed E-state index contributed by atoms with van der Waals surface area (Å²) in [5.41, 5.74) is 1.08. The van der Waals surface area contributed by atoms with Gasteiger partial charge in [-0.1, -0.05) is 20.3 Å². The molecule has 1 aromatic rings. The van der Waals surface area contributed by atoms with Gasteiger partial charge in [0.15, 0.2) is 0 Å². The number of hydrogen-bond donors (Lipinski definition) is 3. The number of rotatable bonds is 9. The molecule has 0 saturated heterocycles. The van der Waals surface area contributed by atoms with Gasteiger partial charge in [0.25, 0.3) is 0 Å². The number of aryl methyl sites for hydroxylation is 1. The number of aromatic nitrogens is 1. The van der Waals surface area contributed by atoms with E-state index in [-0.39, 0.29) is 12.2 Å². The normalized spacial score (nSPS) is 12.2. The van der Waals surface area contributed by atoms with E-state index in [0.717, 1.165) is 37.9 Å². The maximum Gasteiger partial charge on any atom is 0.335 e. The molecule has 0 spiro atoms. The zero-order valence-corrected chi connectivity index (χ0v) is 12.2. The van der Waals surface area contributed by atoms with E-state index in [4.69, 9.17) is 10.2 Å². The second-order valence-electron chi connectivity index (χ2n) is 5.14. The summed E-state index contributed by atoms with van der Waals surface area (Å²) in [6.07, 6.45) is 3.56. The maximum absolute atomic E-state index is 11.1. The molecule has 0 bridgehead atoms. The van der Waals surface area contributed by atoms with Gasteiger partial charge in [-0.05, 0) is 37.3 Å². The summed E-state index contributed by atoms with van der Waals surface area (Å²) in [6.45, 7) is 4.97. The lowest BCUT2D eigenvalue weighted by atomic mass is 10.1. The molecule has 0 fully saturated rings. The molecule has 0 radical (unpaired) electrons. The molecule has 0 aliphatic rings. The average molecular weight is 280 g/mol. The van der Waals surface area contributed by atoms with Crippen LogP contribution >= 0.6 is 0 Å². The van der Waals surface area contributed by atoms with E-state index in [1.807, 2.05) is 13.8 Å². The monoisotopic (exact) mass is 280 g/mol. The first-order valence-corrected chi connectivity index (χ1v) is 7.15. The lowest BCUT2D eigenvalue weighted by Gasteiger charge is -2.10. The number of anilines is 1. The third kappa shape index (κ3) is 5.57. The fourth-order valence-corrected chi connectivity index (χ4v) is 1.94. The van der Waals surface area contributed by atoms with Crippen molar-refractivity contribution >= 4 is 11.8 Å². The number of hydrogen-bond acceptors (Lipinski definition) is 4. The molecule has 112 valence electrons. The van der Waals surface area contributed by atoms with Crippen LogP contribution in [0.2, 0.25) is 0 Å². The van der Waals surface area contributed by atoms with Gasteiger partial charge in [0.1, 0.15) is 5.82 Å². The van der Waals surface area contributed by atoms with Crippen LogP contribution in [-0.2, 0) is 6.42 Å². The van der Waals surface area contributed by atoms with Crippen molar-refractivity contribution in [1.29, 1.82) is 0 Å². The molecule has 1 heterocycles. The SMILES string of the molecule is CCCc1cc(C(=O)O)cc(NCCCC(C)CO)n1. The Morgan fingerprint density at radius 1 is 1.45 bits per heavy atom. The van der Waals surface area contributed by atoms with E-state index in [2.05, 4.69) is 10.3 Å². The minimum atomic E-state index is -0.929. The van der Waals surface area contributed by atoms with Gasteiger partial charge in [0.05, 0.1) is 5.56 Å². The molecule has 5 heteroatoms. The molecule has 1 unspecified atom stereocenters. The molecule has 0 aliphatic carbocycles. The summed E-state index contributed by atoms with van der Waals surface area (Å²) in [4.78, 5) is 15.5. The number of carboxylic acid groups (broad SMARTS) is 1. The lowest BCUT2D eigenvalue weighted by Crippen LogP contribution is -2.09. The van der Waals surface area contributed by atoms with E-state index in [1.54, 1.807) is 12.1 Å². The summed E-state index contributed by atoms with van der Waals surface area (Å²) in [6, 6.07) is 3.20. The lowest BCUT2D eigenvalue weighted by molar-refractivity contribution is 0.0696. The number of aromatic carboxylic acids is 1. The first-order chi connectivity index (χ1) is 9.56. The Morgan fingerprint density at radius 2 is 2.20 bits per heavy atom. The highest BCUT2D eigenvalue weighted by Gasteiger charge is 2.08. The van der Waals surface area contributed by atoms with E-state index in [1.165, 1.54) is 0 Å². The number of aliphatic hydroxyl groups excluding tert-OH is 1. The van der Waals surface area contributed by atoms with Crippen LogP contribution in [0.4, 0.5) is 5.82 Å². The van der Waals surface area contributed by atoms with Crippen LogP contribution < -0.4 is 5.32 Å². The van der Waals surface area contributed by atoms with Crippen molar-refractivity contribution in [3.63, 3.8) is 0 Å². The van der Waals surface area contributed by atoms with Crippen molar-refractivity contribution in [3.8, 4) is 0 Å². The van der Waals surface area contributed by atoms with Crippen LogP contribution in [0.15, 0.2) is 12.1 Å². The Bertz CT molecular complexity index is 435. The molecule has 5 nitrogen and oxygen atoms in total. The molecule has 0 aliphatic heterocycles. The van der Waals surface area contributed by atoms with Crippen LogP contribution in [-0.4, -0.2) is 34.3 Å². The first-order valence-electron chi connectivity index (χ1n) is 7.15. The number of carbonyl (C=O) groups is 1. The van der Waals surface area contributed by atoms with E-state index in [0.29, 0.717) is 11.7 Å². The van der Waals surface area contributed by atoms with Crippen molar-refractivity contribution < 1.29 is 15.0 Å². The van der Waals surface area contributed by atoms with E-state index >= 15 is 0 Å². The van der Waals surface area contributed by atoms with Gasteiger partial charge in [-0.3, -0.25) is 0 Å². The van der Waals surface area contributed by atoms with Crippen molar-refractivity contribution in [2.45, 2.75) is 39.5 Å². The number of aliphatic hydroxyl groups is 1. The second-order valence-corrected chi connectivity index (χ2v) is 5.14. The van der Waals surface area contributed by atoms with Gasteiger partial charge in [-0.25, -0.2) is 9.78 Å². The highest BCUT2D eigenvalue weighted by Crippen LogP contribution is 2.13. The topological polar surface area (TPSA) is 82.5 Å². The zero-order chi connectivity index (χ0) is 15.0. The van der Waals surface area contributed by atoms with Crippen molar-refractivity contribution in [2.75, 3.05) is 18.5 Å². The summed E-state index contributed by atoms with van der Waals surface area (Å²) in [5.74, 6) is -0.0162. The Kier molecular flexibility index (Phi) is 7.01. The smallest absolute Gasteiger partial charge is 0.335 e. The fraction of sp³-hybridized carbons (Fsp3) is 0.600. The summed E-state index contributed by atoms with van der Waals surface area (Å²) in [5, 5.41) is 21.2. The minimum Gasteiger partial charge on any atom is -0.478 e. The molecule has 20 heavy (non-hydrogen) atoms. The Morgan fingerprint density at radius 3 is 2.80 bits per heavy atom. The van der Waals surface area contributed by atoms with Crippen molar-refractivity contribution in [1.82, 2.24) is 4.98 Å². The summed E-state index contributed by atoms with van der Waals surface area (Å²) < 4.78 is 0. The molecule has 0 saturated carbocycles. The highest BCUT2D eigenvalue weighted by atomic mass is 16.4. The predicted molar refractivity (Wildman–Crippen MR) is 79.2 cm³/mol. The zero-order valence-electron chi connectivity index (χ0n) is 12.2. The summed E-state index contributed by atoms with van der Waals surface area (Å²) >= 11 is 0. The van der Waals surface area contributed by atoms with E-state index in [9.17, 15) is 4.79 Å². The van der Waals surface area contributed by atoms with E-state index < -0.39 is 5.97 Å². The van der Waals surface area contributed by atoms with Crippen LogP contribution in [0.1, 0.15) is 49.2 Å². The number of carboxylic acids is 1. The molecular formula is C15H24N2O3. The third-order valence-electron chi connectivity index (χ3n) is 3.12. The molecule has 0 amide bonds. The van der Waals surface area contributed by atoms with Crippen LogP contribution in [0.3, 0.4) is 0 Å². The van der Waals surface area contributed by atoms with Gasteiger partial charge in [0.2, 0.25) is 0 Å². The number of pyridine rings is 1. The predicted octanol–water partition coefficient (Wildman–Crippen LogP) is 2.55. The molecule has 0 aromatic carbocycles. The van der Waals surface area contributed by atoms with Gasteiger partial charge in [0, 0.05) is 18.8 Å². The summed E-state index contributed by atoms with van der Waals surface area (Å²) in [7, 11) is 0. The Hall–Kier alpha value is -1.62. The maximum atomic E-state index is 11.1. The molecule has 3 N–H and O–H groups in total. The highest BCUT2D eigenvalue weighted by molar-refractivity contribution is 5.88. The van der Waals surface area contributed by atoms with Crippen LogP contribution in [0.5, 0.6) is 0 Å². The van der Waals surface area contributed by atoms with Crippen molar-refractivity contribution in [2.24, 2.45) is 5.92 Å². The van der Waals surface area contributed by atoms with Crippen molar-refractivity contribution in [3.05, 3.63) is 23.4 Å². The largest absolute Gasteiger partial charge is 0.478 e. The number of nitrogens with one attached hydrogen (secondary N) is 1. The Balaban J connectivity index is 2.61. The molecular weight excluding hydrogens is 256 g/mol. The van der Waals surface area contributed by atoms with Gasteiger partial charge in [-0.2, -0.15) is 0 Å². The fourth-order valence-electron chi connectivity index (χ4n) is 1.94. The first kappa shape index (κ1) is 16.4. The van der Waals surface area contributed by atoms with Crippen LogP contribution in [0.25, 0.3) is 0 Å². The van der Waals surface area contributed by atoms with Gasteiger partial charge >= 0.3 is 5.97 Å². The molecule has 1 aromatic heterocycles. The standard InChI is InChI=1S/C15H24N2O3/c1-3-5-13-8-12(15(19)20)9-14(17-13)16-7-4-6-11(2)10-18/h8-9,11,18H,3-7,10H2,1-2H3,(H,16,17)(H,19,20). The van der Waals surface area contributed by atoms with Gasteiger partial charge in [-0.15, -0.1) is 0 Å². The molecule has 1 rings (SSSR count). The average Bonchev–Trinajstić information content (AvgIpc) is 2.43. The minimum absolute atomic E-state index is 0.202.